The number of ether oxygens (including phenoxy) is 1. The van der Waals surface area contributed by atoms with Gasteiger partial charge in [0, 0.05) is 47.0 Å². The van der Waals surface area contributed by atoms with Crippen LogP contribution in [0.5, 0.6) is 5.75 Å². The third kappa shape index (κ3) is 3.99. The Morgan fingerprint density at radius 3 is 2.76 bits per heavy atom. The summed E-state index contributed by atoms with van der Waals surface area (Å²) >= 11 is 0. The van der Waals surface area contributed by atoms with Gasteiger partial charge in [0.25, 0.3) is 0 Å². The number of methoxy groups -OCH3 is 1. The van der Waals surface area contributed by atoms with Crippen LogP contribution in [0.15, 0.2) is 82.4 Å². The predicted molar refractivity (Wildman–Crippen MR) is 126 cm³/mol. The molecule has 0 radical (unpaired) electrons. The Morgan fingerprint density at radius 2 is 1.94 bits per heavy atom. The van der Waals surface area contributed by atoms with E-state index in [-0.39, 0.29) is 0 Å². The molecule has 0 saturated heterocycles. The highest BCUT2D eigenvalue weighted by molar-refractivity contribution is 5.75. The third-order valence-corrected chi connectivity index (χ3v) is 5.11. The Morgan fingerprint density at radius 1 is 1.06 bits per heavy atom. The minimum atomic E-state index is -0.528. The minimum Gasteiger partial charge on any atom is -0.496 e. The molecule has 0 bridgehead atoms. The van der Waals surface area contributed by atoms with Gasteiger partial charge in [-0.15, -0.1) is 0 Å². The molecular formula is C24H20N6O3. The summed E-state index contributed by atoms with van der Waals surface area (Å²) in [7, 11) is 1.62. The van der Waals surface area contributed by atoms with Gasteiger partial charge in [-0.1, -0.05) is 18.2 Å². The van der Waals surface area contributed by atoms with E-state index < -0.39 is 5.76 Å². The molecule has 0 saturated carbocycles. The van der Waals surface area contributed by atoms with Crippen molar-refractivity contribution < 1.29 is 9.15 Å². The lowest BCUT2D eigenvalue weighted by Gasteiger charge is -2.13. The van der Waals surface area contributed by atoms with Crippen LogP contribution in [-0.2, 0) is 0 Å². The van der Waals surface area contributed by atoms with Crippen molar-refractivity contribution in [1.29, 1.82) is 0 Å². The van der Waals surface area contributed by atoms with E-state index >= 15 is 0 Å². The van der Waals surface area contributed by atoms with Crippen molar-refractivity contribution in [3.63, 3.8) is 0 Å². The summed E-state index contributed by atoms with van der Waals surface area (Å²) in [6.45, 7) is 1.85. The van der Waals surface area contributed by atoms with Crippen LogP contribution in [0, 0.1) is 6.92 Å². The molecule has 164 valence electrons. The lowest BCUT2D eigenvalue weighted by molar-refractivity contribution is 0.416. The summed E-state index contributed by atoms with van der Waals surface area (Å²) in [4.78, 5) is 25.4. The number of aryl methyl sites for hydroxylation is 1. The molecule has 9 heteroatoms. The SMILES string of the molecule is COc1cc(Nc2ncc(C)c(Nn3c(=O)oc4ccccc43)n2)ccc1-c1cccnc1. The maximum atomic E-state index is 12.3. The second-order valence-corrected chi connectivity index (χ2v) is 7.29. The van der Waals surface area contributed by atoms with Crippen LogP contribution in [0.1, 0.15) is 5.56 Å². The second kappa shape index (κ2) is 8.46. The molecule has 2 aromatic carbocycles. The fraction of sp³-hybridized carbons (Fsp3) is 0.0833. The molecule has 5 aromatic rings. The van der Waals surface area contributed by atoms with E-state index in [1.807, 2.05) is 43.3 Å². The van der Waals surface area contributed by atoms with Crippen LogP contribution < -0.4 is 21.2 Å². The number of aromatic nitrogens is 4. The van der Waals surface area contributed by atoms with E-state index in [9.17, 15) is 4.79 Å². The van der Waals surface area contributed by atoms with E-state index in [4.69, 9.17) is 9.15 Å². The van der Waals surface area contributed by atoms with Crippen LogP contribution in [-0.4, -0.2) is 26.7 Å². The van der Waals surface area contributed by atoms with E-state index in [2.05, 4.69) is 25.7 Å². The van der Waals surface area contributed by atoms with E-state index in [0.717, 1.165) is 22.4 Å². The van der Waals surface area contributed by atoms with Gasteiger partial charge in [-0.2, -0.15) is 9.66 Å². The van der Waals surface area contributed by atoms with Crippen LogP contribution in [0.3, 0.4) is 0 Å². The molecule has 5 rings (SSSR count). The van der Waals surface area contributed by atoms with Gasteiger partial charge in [-0.25, -0.2) is 9.78 Å². The molecule has 0 aliphatic carbocycles. The summed E-state index contributed by atoms with van der Waals surface area (Å²) < 4.78 is 12.2. The highest BCUT2D eigenvalue weighted by Gasteiger charge is 2.12. The van der Waals surface area contributed by atoms with Crippen LogP contribution in [0.2, 0.25) is 0 Å². The number of hydrogen-bond acceptors (Lipinski definition) is 8. The number of hydrogen-bond donors (Lipinski definition) is 2. The van der Waals surface area contributed by atoms with Crippen molar-refractivity contribution in [2.75, 3.05) is 17.9 Å². The van der Waals surface area contributed by atoms with Crippen molar-refractivity contribution in [3.05, 3.63) is 89.3 Å². The molecule has 0 spiro atoms. The quantitative estimate of drug-likeness (QED) is 0.401. The average molecular weight is 440 g/mol. The zero-order chi connectivity index (χ0) is 22.8. The number of para-hydroxylation sites is 2. The summed E-state index contributed by atoms with van der Waals surface area (Å²) in [5.74, 6) is 0.995. The highest BCUT2D eigenvalue weighted by Crippen LogP contribution is 2.32. The lowest BCUT2D eigenvalue weighted by Crippen LogP contribution is -2.23. The molecule has 3 heterocycles. The van der Waals surface area contributed by atoms with E-state index in [1.165, 1.54) is 4.68 Å². The van der Waals surface area contributed by atoms with Crippen molar-refractivity contribution >= 4 is 28.6 Å². The Bertz CT molecular complexity index is 1490. The molecule has 0 aliphatic rings. The van der Waals surface area contributed by atoms with E-state index in [1.54, 1.807) is 43.9 Å². The average Bonchev–Trinajstić information content (AvgIpc) is 3.16. The first-order valence-electron chi connectivity index (χ1n) is 10.2. The lowest BCUT2D eigenvalue weighted by atomic mass is 10.1. The first kappa shape index (κ1) is 20.3. The fourth-order valence-corrected chi connectivity index (χ4v) is 3.45. The molecule has 0 fully saturated rings. The molecule has 9 nitrogen and oxygen atoms in total. The molecule has 0 aliphatic heterocycles. The number of rotatable bonds is 6. The van der Waals surface area contributed by atoms with Crippen LogP contribution in [0.4, 0.5) is 17.5 Å². The number of nitrogens with zero attached hydrogens (tertiary/aromatic N) is 4. The number of nitrogens with one attached hydrogen (secondary N) is 2. The van der Waals surface area contributed by atoms with Gasteiger partial charge in [0.2, 0.25) is 5.95 Å². The van der Waals surface area contributed by atoms with Gasteiger partial charge >= 0.3 is 5.76 Å². The largest absolute Gasteiger partial charge is 0.496 e. The van der Waals surface area contributed by atoms with Gasteiger partial charge in [-0.05, 0) is 37.3 Å². The first-order valence-corrected chi connectivity index (χ1v) is 10.2. The van der Waals surface area contributed by atoms with Crippen molar-refractivity contribution in [2.45, 2.75) is 6.92 Å². The standard InChI is InChI=1S/C24H20N6O3/c1-15-13-26-23(28-22(15)29-30-19-7-3-4-8-20(19)33-24(30)31)27-17-9-10-18(21(12-17)32-2)16-6-5-11-25-14-16/h3-14H,1-2H3,(H2,26,27,28,29). The molecular weight excluding hydrogens is 420 g/mol. The Balaban J connectivity index is 1.44. The van der Waals surface area contributed by atoms with Crippen LogP contribution >= 0.6 is 0 Å². The number of benzene rings is 2. The second-order valence-electron chi connectivity index (χ2n) is 7.29. The summed E-state index contributed by atoms with van der Waals surface area (Å²) in [5.41, 5.74) is 7.53. The van der Waals surface area contributed by atoms with Gasteiger partial charge in [-0.3, -0.25) is 10.4 Å². The van der Waals surface area contributed by atoms with Gasteiger partial charge in [0.15, 0.2) is 11.4 Å². The summed E-state index contributed by atoms with van der Waals surface area (Å²) in [6.07, 6.45) is 5.19. The zero-order valence-corrected chi connectivity index (χ0v) is 17.9. The zero-order valence-electron chi connectivity index (χ0n) is 17.9. The minimum absolute atomic E-state index is 0.361. The topological polar surface area (TPSA) is 107 Å². The predicted octanol–water partition coefficient (Wildman–Crippen LogP) is 4.38. The van der Waals surface area contributed by atoms with Gasteiger partial charge in [0.1, 0.15) is 11.3 Å². The van der Waals surface area contributed by atoms with Gasteiger partial charge < -0.3 is 14.5 Å². The third-order valence-electron chi connectivity index (χ3n) is 5.11. The molecule has 2 N–H and O–H groups in total. The maximum absolute atomic E-state index is 12.3. The molecule has 0 atom stereocenters. The normalized spacial score (nSPS) is 10.8. The Labute approximate surface area is 188 Å². The summed E-state index contributed by atoms with van der Waals surface area (Å²) in [6, 6.07) is 16.7. The Hall–Kier alpha value is -4.66. The highest BCUT2D eigenvalue weighted by atomic mass is 16.5. The first-order chi connectivity index (χ1) is 16.1. The molecule has 3 aromatic heterocycles. The Kier molecular flexibility index (Phi) is 5.19. The number of fused-ring (bicyclic) bond motifs is 1. The smallest absolute Gasteiger partial charge is 0.439 e. The van der Waals surface area contributed by atoms with E-state index in [0.29, 0.717) is 28.6 Å². The maximum Gasteiger partial charge on any atom is 0.439 e. The molecule has 0 amide bonds. The van der Waals surface area contributed by atoms with Gasteiger partial charge in [0.05, 0.1) is 7.11 Å². The monoisotopic (exact) mass is 440 g/mol. The number of oxazole rings is 1. The molecule has 33 heavy (non-hydrogen) atoms. The molecule has 0 unspecified atom stereocenters. The number of anilines is 3. The number of pyridine rings is 1. The van der Waals surface area contributed by atoms with Crippen molar-refractivity contribution in [3.8, 4) is 16.9 Å². The van der Waals surface area contributed by atoms with Crippen molar-refractivity contribution in [1.82, 2.24) is 19.6 Å². The fourth-order valence-electron chi connectivity index (χ4n) is 3.45. The van der Waals surface area contributed by atoms with Crippen LogP contribution in [0.25, 0.3) is 22.2 Å². The summed E-state index contributed by atoms with van der Waals surface area (Å²) in [5, 5.41) is 3.19. The van der Waals surface area contributed by atoms with Crippen molar-refractivity contribution in [2.24, 2.45) is 0 Å².